The van der Waals surface area contributed by atoms with E-state index in [1.807, 2.05) is 0 Å². The molecule has 1 aromatic rings. The predicted molar refractivity (Wildman–Crippen MR) is 61.6 cm³/mol. The molecule has 14 heavy (non-hydrogen) atoms. The molecule has 0 spiro atoms. The Labute approximate surface area is 90.1 Å². The first-order valence-corrected chi connectivity index (χ1v) is 5.89. The van der Waals surface area contributed by atoms with Crippen LogP contribution in [0.1, 0.15) is 27.7 Å². The molecule has 0 amide bonds. The highest BCUT2D eigenvalue weighted by Crippen LogP contribution is 2.21. The minimum Gasteiger partial charge on any atom is -0.360 e. The molecule has 0 radical (unpaired) electrons. The summed E-state index contributed by atoms with van der Waals surface area (Å²) in [4.78, 5) is 4.10. The topological polar surface area (TPSA) is 37.8 Å². The number of anilines is 1. The zero-order valence-electron chi connectivity index (χ0n) is 9.32. The molecule has 1 N–H and O–H groups in total. The second-order valence-electron chi connectivity index (χ2n) is 4.28. The van der Waals surface area contributed by atoms with Crippen LogP contribution in [-0.4, -0.2) is 15.9 Å². The minimum atomic E-state index is 0.693. The number of nitrogens with one attached hydrogen (secondary N) is 1. The van der Waals surface area contributed by atoms with E-state index in [2.05, 4.69) is 42.4 Å². The van der Waals surface area contributed by atoms with Crippen molar-refractivity contribution in [3.63, 3.8) is 0 Å². The lowest BCUT2D eigenvalue weighted by Gasteiger charge is -2.24. The van der Waals surface area contributed by atoms with E-state index in [1.54, 1.807) is 6.33 Å². The van der Waals surface area contributed by atoms with Crippen molar-refractivity contribution in [1.29, 1.82) is 0 Å². The largest absolute Gasteiger partial charge is 0.360 e. The molecule has 80 valence electrons. The van der Waals surface area contributed by atoms with Gasteiger partial charge in [0, 0.05) is 18.1 Å². The van der Waals surface area contributed by atoms with Gasteiger partial charge in [0.2, 0.25) is 5.13 Å². The van der Waals surface area contributed by atoms with E-state index >= 15 is 0 Å². The molecule has 0 unspecified atom stereocenters. The molecule has 0 aliphatic rings. The number of hydrogen-bond acceptors (Lipinski definition) is 4. The third-order valence-electron chi connectivity index (χ3n) is 2.56. The number of aromatic nitrogens is 2. The maximum absolute atomic E-state index is 4.10. The summed E-state index contributed by atoms with van der Waals surface area (Å²) in [5.41, 5.74) is 0. The van der Waals surface area contributed by atoms with E-state index in [0.717, 1.165) is 11.7 Å². The van der Waals surface area contributed by atoms with Crippen LogP contribution in [0.2, 0.25) is 0 Å². The van der Waals surface area contributed by atoms with Gasteiger partial charge in [-0.1, -0.05) is 27.7 Å². The Morgan fingerprint density at radius 1 is 1.29 bits per heavy atom. The Bertz CT molecular complexity index is 236. The highest BCUT2D eigenvalue weighted by molar-refractivity contribution is 7.09. The SMILES string of the molecule is CC(C)C(CNc1ncns1)C(C)C. The Balaban J connectivity index is 2.41. The smallest absolute Gasteiger partial charge is 0.202 e. The summed E-state index contributed by atoms with van der Waals surface area (Å²) >= 11 is 1.42. The fourth-order valence-electron chi connectivity index (χ4n) is 1.70. The van der Waals surface area contributed by atoms with Crippen molar-refractivity contribution in [2.45, 2.75) is 27.7 Å². The van der Waals surface area contributed by atoms with Crippen LogP contribution in [0, 0.1) is 17.8 Å². The Hall–Kier alpha value is -0.640. The van der Waals surface area contributed by atoms with E-state index in [0.29, 0.717) is 17.8 Å². The third kappa shape index (κ3) is 3.25. The fourth-order valence-corrected chi connectivity index (χ4v) is 2.13. The highest BCUT2D eigenvalue weighted by Gasteiger charge is 2.17. The van der Waals surface area contributed by atoms with Gasteiger partial charge in [0.25, 0.3) is 0 Å². The number of nitrogens with zero attached hydrogens (tertiary/aromatic N) is 2. The van der Waals surface area contributed by atoms with Crippen LogP contribution in [-0.2, 0) is 0 Å². The first-order chi connectivity index (χ1) is 6.61. The fraction of sp³-hybridized carbons (Fsp3) is 0.800. The Morgan fingerprint density at radius 2 is 1.93 bits per heavy atom. The molecule has 0 aliphatic heterocycles. The van der Waals surface area contributed by atoms with Gasteiger partial charge in [0.05, 0.1) is 0 Å². The lowest BCUT2D eigenvalue weighted by molar-refractivity contribution is 0.304. The molecule has 0 saturated heterocycles. The lowest BCUT2D eigenvalue weighted by Crippen LogP contribution is -2.24. The average Bonchev–Trinajstić information content (AvgIpc) is 2.55. The minimum absolute atomic E-state index is 0.693. The van der Waals surface area contributed by atoms with E-state index in [4.69, 9.17) is 0 Å². The molecule has 0 atom stereocenters. The van der Waals surface area contributed by atoms with Gasteiger partial charge in [-0.05, 0) is 17.8 Å². The first-order valence-electron chi connectivity index (χ1n) is 5.11. The van der Waals surface area contributed by atoms with Crippen LogP contribution in [0.3, 0.4) is 0 Å². The molecule has 0 aliphatic carbocycles. The van der Waals surface area contributed by atoms with Gasteiger partial charge in [-0.2, -0.15) is 4.37 Å². The lowest BCUT2D eigenvalue weighted by atomic mass is 9.86. The monoisotopic (exact) mass is 213 g/mol. The highest BCUT2D eigenvalue weighted by atomic mass is 32.1. The molecule has 0 aromatic carbocycles. The first kappa shape index (κ1) is 11.4. The molecule has 4 heteroatoms. The van der Waals surface area contributed by atoms with Crippen molar-refractivity contribution >= 4 is 16.7 Å². The van der Waals surface area contributed by atoms with Crippen LogP contribution in [0.4, 0.5) is 5.13 Å². The standard InChI is InChI=1S/C10H19N3S/c1-7(2)9(8(3)4)5-11-10-12-6-13-14-10/h6-9H,5H2,1-4H3,(H,11,12,13). The van der Waals surface area contributed by atoms with Crippen molar-refractivity contribution in [2.24, 2.45) is 17.8 Å². The van der Waals surface area contributed by atoms with Gasteiger partial charge in [-0.25, -0.2) is 4.98 Å². The van der Waals surface area contributed by atoms with E-state index in [-0.39, 0.29) is 0 Å². The van der Waals surface area contributed by atoms with E-state index < -0.39 is 0 Å². The van der Waals surface area contributed by atoms with Crippen molar-refractivity contribution in [2.75, 3.05) is 11.9 Å². The van der Waals surface area contributed by atoms with Crippen molar-refractivity contribution in [1.82, 2.24) is 9.36 Å². The second-order valence-corrected chi connectivity index (χ2v) is 5.06. The molecule has 0 fully saturated rings. The Morgan fingerprint density at radius 3 is 2.36 bits per heavy atom. The summed E-state index contributed by atoms with van der Waals surface area (Å²) in [6, 6.07) is 0. The van der Waals surface area contributed by atoms with Crippen LogP contribution in [0.25, 0.3) is 0 Å². The summed E-state index contributed by atoms with van der Waals surface area (Å²) in [7, 11) is 0. The summed E-state index contributed by atoms with van der Waals surface area (Å²) in [6.45, 7) is 10.1. The summed E-state index contributed by atoms with van der Waals surface area (Å²) < 4.78 is 3.96. The quantitative estimate of drug-likeness (QED) is 0.817. The molecule has 1 rings (SSSR count). The number of hydrogen-bond donors (Lipinski definition) is 1. The van der Waals surface area contributed by atoms with Gasteiger partial charge in [-0.15, -0.1) is 0 Å². The molecule has 0 saturated carbocycles. The van der Waals surface area contributed by atoms with Gasteiger partial charge in [-0.3, -0.25) is 0 Å². The van der Waals surface area contributed by atoms with Crippen molar-refractivity contribution < 1.29 is 0 Å². The molecular formula is C10H19N3S. The van der Waals surface area contributed by atoms with Crippen molar-refractivity contribution in [3.8, 4) is 0 Å². The maximum Gasteiger partial charge on any atom is 0.202 e. The third-order valence-corrected chi connectivity index (χ3v) is 3.19. The molecular weight excluding hydrogens is 194 g/mol. The van der Waals surface area contributed by atoms with Gasteiger partial charge in [0.15, 0.2) is 0 Å². The second kappa shape index (κ2) is 5.29. The maximum atomic E-state index is 4.10. The van der Waals surface area contributed by atoms with Gasteiger partial charge >= 0.3 is 0 Å². The van der Waals surface area contributed by atoms with Crippen LogP contribution >= 0.6 is 11.5 Å². The van der Waals surface area contributed by atoms with Crippen LogP contribution in [0.15, 0.2) is 6.33 Å². The summed E-state index contributed by atoms with van der Waals surface area (Å²) in [6.07, 6.45) is 1.59. The van der Waals surface area contributed by atoms with Gasteiger partial charge in [0.1, 0.15) is 6.33 Å². The summed E-state index contributed by atoms with van der Waals surface area (Å²) in [5, 5.41) is 4.26. The van der Waals surface area contributed by atoms with E-state index in [9.17, 15) is 0 Å². The predicted octanol–water partition coefficient (Wildman–Crippen LogP) is 2.88. The molecule has 1 aromatic heterocycles. The average molecular weight is 213 g/mol. The van der Waals surface area contributed by atoms with Crippen LogP contribution in [0.5, 0.6) is 0 Å². The molecule has 3 nitrogen and oxygen atoms in total. The van der Waals surface area contributed by atoms with E-state index in [1.165, 1.54) is 11.5 Å². The summed E-state index contributed by atoms with van der Waals surface area (Å²) in [5.74, 6) is 2.10. The zero-order chi connectivity index (χ0) is 10.6. The van der Waals surface area contributed by atoms with Crippen LogP contribution < -0.4 is 5.32 Å². The zero-order valence-corrected chi connectivity index (χ0v) is 10.1. The molecule has 0 bridgehead atoms. The number of rotatable bonds is 5. The van der Waals surface area contributed by atoms with Gasteiger partial charge < -0.3 is 5.32 Å². The normalized spacial score (nSPS) is 11.6. The van der Waals surface area contributed by atoms with Crippen molar-refractivity contribution in [3.05, 3.63) is 6.33 Å². The molecule has 1 heterocycles. The Kier molecular flexibility index (Phi) is 4.32.